The number of carbonyl (C=O) groups excluding carboxylic acids is 2. The van der Waals surface area contributed by atoms with Gasteiger partial charge in [-0.1, -0.05) is 24.3 Å². The first-order valence-corrected chi connectivity index (χ1v) is 9.07. The van der Waals surface area contributed by atoms with Crippen molar-refractivity contribution in [2.75, 3.05) is 17.8 Å². The highest BCUT2D eigenvalue weighted by atomic mass is 32.2. The van der Waals surface area contributed by atoms with E-state index in [0.29, 0.717) is 12.2 Å². The summed E-state index contributed by atoms with van der Waals surface area (Å²) >= 11 is 0. The molecule has 0 bridgehead atoms. The van der Waals surface area contributed by atoms with E-state index in [-0.39, 0.29) is 22.9 Å². The van der Waals surface area contributed by atoms with Crippen LogP contribution in [0.1, 0.15) is 17.3 Å². The fraction of sp³-hybridized carbons (Fsp3) is 0.176. The van der Waals surface area contributed by atoms with Crippen molar-refractivity contribution < 1.29 is 18.0 Å². The molecule has 2 amide bonds. The van der Waals surface area contributed by atoms with E-state index in [2.05, 4.69) is 15.4 Å². The second-order valence-electron chi connectivity index (χ2n) is 5.24. The van der Waals surface area contributed by atoms with Crippen molar-refractivity contribution in [3.05, 3.63) is 60.2 Å². The van der Waals surface area contributed by atoms with Crippen LogP contribution >= 0.6 is 0 Å². The maximum absolute atomic E-state index is 12.4. The van der Waals surface area contributed by atoms with Gasteiger partial charge in [0.25, 0.3) is 15.9 Å². The Morgan fingerprint density at radius 3 is 2.28 bits per heavy atom. The second kappa shape index (κ2) is 8.29. The maximum Gasteiger partial charge on any atom is 0.261 e. The molecule has 2 aromatic carbocycles. The first kappa shape index (κ1) is 18.5. The molecule has 0 spiro atoms. The van der Waals surface area contributed by atoms with Crippen LogP contribution in [0.15, 0.2) is 59.5 Å². The summed E-state index contributed by atoms with van der Waals surface area (Å²) in [6.07, 6.45) is 0. The third kappa shape index (κ3) is 5.61. The zero-order valence-electron chi connectivity index (χ0n) is 13.7. The number of carbonyl (C=O) groups is 2. The number of rotatable bonds is 7. The normalized spacial score (nSPS) is 10.8. The molecule has 132 valence electrons. The lowest BCUT2D eigenvalue weighted by Crippen LogP contribution is -2.33. The minimum Gasteiger partial charge on any atom is -0.355 e. The fourth-order valence-electron chi connectivity index (χ4n) is 2.04. The topological polar surface area (TPSA) is 104 Å². The maximum atomic E-state index is 12.4. The van der Waals surface area contributed by atoms with E-state index in [9.17, 15) is 18.0 Å². The van der Waals surface area contributed by atoms with Gasteiger partial charge in [-0.15, -0.1) is 0 Å². The Hall–Kier alpha value is -2.87. The third-order valence-corrected chi connectivity index (χ3v) is 4.60. The van der Waals surface area contributed by atoms with Gasteiger partial charge in [0.2, 0.25) is 5.91 Å². The number of amides is 2. The molecule has 0 aromatic heterocycles. The number of sulfonamides is 1. The van der Waals surface area contributed by atoms with E-state index in [1.54, 1.807) is 30.3 Å². The van der Waals surface area contributed by atoms with Crippen molar-refractivity contribution >= 4 is 27.5 Å². The van der Waals surface area contributed by atoms with Gasteiger partial charge in [-0.3, -0.25) is 14.3 Å². The van der Waals surface area contributed by atoms with Crippen molar-refractivity contribution in [2.45, 2.75) is 11.8 Å². The van der Waals surface area contributed by atoms with Gasteiger partial charge in [-0.2, -0.15) is 0 Å². The Morgan fingerprint density at radius 1 is 0.920 bits per heavy atom. The molecule has 25 heavy (non-hydrogen) atoms. The zero-order chi connectivity index (χ0) is 18.3. The summed E-state index contributed by atoms with van der Waals surface area (Å²) in [6.45, 7) is 1.93. The van der Waals surface area contributed by atoms with Crippen molar-refractivity contribution in [1.29, 1.82) is 0 Å². The van der Waals surface area contributed by atoms with Crippen molar-refractivity contribution in [2.24, 2.45) is 0 Å². The molecule has 0 aliphatic heterocycles. The lowest BCUT2D eigenvalue weighted by molar-refractivity contribution is -0.118. The summed E-state index contributed by atoms with van der Waals surface area (Å²) in [7, 11) is -3.79. The number of benzene rings is 2. The minimum absolute atomic E-state index is 0.00846. The molecule has 0 heterocycles. The summed E-state index contributed by atoms with van der Waals surface area (Å²) in [5.41, 5.74) is 0.659. The Balaban J connectivity index is 2.07. The Morgan fingerprint density at radius 2 is 1.60 bits per heavy atom. The lowest BCUT2D eigenvalue weighted by atomic mass is 10.2. The summed E-state index contributed by atoms with van der Waals surface area (Å²) in [5, 5.41) is 5.17. The van der Waals surface area contributed by atoms with Crippen molar-refractivity contribution in [1.82, 2.24) is 10.6 Å². The highest BCUT2D eigenvalue weighted by Gasteiger charge is 2.16. The van der Waals surface area contributed by atoms with E-state index in [0.717, 1.165) is 0 Å². The molecule has 0 fully saturated rings. The quantitative estimate of drug-likeness (QED) is 0.648. The fourth-order valence-corrected chi connectivity index (χ4v) is 3.15. The molecule has 0 atom stereocenters. The molecule has 0 saturated heterocycles. The molecule has 2 rings (SSSR count). The molecule has 3 N–H and O–H groups in total. The average Bonchev–Trinajstić information content (AvgIpc) is 2.59. The highest BCUT2D eigenvalue weighted by Crippen LogP contribution is 2.16. The van der Waals surface area contributed by atoms with Crippen LogP contribution in [-0.4, -0.2) is 33.3 Å². The third-order valence-electron chi connectivity index (χ3n) is 3.22. The van der Waals surface area contributed by atoms with Crippen LogP contribution in [0.25, 0.3) is 0 Å². The van der Waals surface area contributed by atoms with Gasteiger partial charge in [0.1, 0.15) is 0 Å². The SMILES string of the molecule is CC(=O)NCCNC(=O)c1cccc(S(=O)(=O)Nc2ccccc2)c1. The van der Waals surface area contributed by atoms with Crippen LogP contribution < -0.4 is 15.4 Å². The largest absolute Gasteiger partial charge is 0.355 e. The van der Waals surface area contributed by atoms with Crippen LogP contribution in [0.4, 0.5) is 5.69 Å². The van der Waals surface area contributed by atoms with E-state index >= 15 is 0 Å². The van der Waals surface area contributed by atoms with Crippen LogP contribution in [0, 0.1) is 0 Å². The smallest absolute Gasteiger partial charge is 0.261 e. The summed E-state index contributed by atoms with van der Waals surface area (Å²) in [5.74, 6) is -0.601. The highest BCUT2D eigenvalue weighted by molar-refractivity contribution is 7.92. The average molecular weight is 361 g/mol. The number of hydrogen-bond donors (Lipinski definition) is 3. The Labute approximate surface area is 146 Å². The molecule has 0 radical (unpaired) electrons. The Kier molecular flexibility index (Phi) is 6.13. The van der Waals surface area contributed by atoms with Gasteiger partial charge in [-0.25, -0.2) is 8.42 Å². The van der Waals surface area contributed by atoms with Crippen molar-refractivity contribution in [3.8, 4) is 0 Å². The summed E-state index contributed by atoms with van der Waals surface area (Å²) < 4.78 is 27.3. The number of para-hydroxylation sites is 1. The van der Waals surface area contributed by atoms with Gasteiger partial charge in [0, 0.05) is 31.3 Å². The molecule has 0 saturated carbocycles. The standard InChI is InChI=1S/C17H19N3O4S/c1-13(21)18-10-11-19-17(22)14-6-5-9-16(12-14)25(23,24)20-15-7-3-2-4-8-15/h2-9,12,20H,10-11H2,1H3,(H,18,21)(H,19,22). The summed E-state index contributed by atoms with van der Waals surface area (Å²) in [6, 6.07) is 14.2. The van der Waals surface area contributed by atoms with Crippen LogP contribution in [0.2, 0.25) is 0 Å². The predicted molar refractivity (Wildman–Crippen MR) is 94.7 cm³/mol. The molecule has 2 aromatic rings. The lowest BCUT2D eigenvalue weighted by Gasteiger charge is -2.10. The summed E-state index contributed by atoms with van der Waals surface area (Å²) in [4.78, 5) is 22.8. The molecule has 7 nitrogen and oxygen atoms in total. The molecule has 0 aliphatic rings. The Bertz CT molecular complexity index is 851. The molecule has 0 unspecified atom stereocenters. The van der Waals surface area contributed by atoms with Gasteiger partial charge in [-0.05, 0) is 30.3 Å². The monoisotopic (exact) mass is 361 g/mol. The van der Waals surface area contributed by atoms with Crippen molar-refractivity contribution in [3.63, 3.8) is 0 Å². The molecular formula is C17H19N3O4S. The minimum atomic E-state index is -3.79. The van der Waals surface area contributed by atoms with Crippen LogP contribution in [0.5, 0.6) is 0 Å². The van der Waals surface area contributed by atoms with E-state index < -0.39 is 15.9 Å². The molecular weight excluding hydrogens is 342 g/mol. The predicted octanol–water partition coefficient (Wildman–Crippen LogP) is 1.35. The van der Waals surface area contributed by atoms with E-state index in [1.807, 2.05) is 0 Å². The zero-order valence-corrected chi connectivity index (χ0v) is 14.5. The van der Waals surface area contributed by atoms with Gasteiger partial charge in [0.15, 0.2) is 0 Å². The van der Waals surface area contributed by atoms with E-state index in [4.69, 9.17) is 0 Å². The van der Waals surface area contributed by atoms with E-state index in [1.165, 1.54) is 31.2 Å². The number of hydrogen-bond acceptors (Lipinski definition) is 4. The molecule has 8 heteroatoms. The van der Waals surface area contributed by atoms with Gasteiger partial charge >= 0.3 is 0 Å². The van der Waals surface area contributed by atoms with Crippen LogP contribution in [-0.2, 0) is 14.8 Å². The number of nitrogens with one attached hydrogen (secondary N) is 3. The number of anilines is 1. The van der Waals surface area contributed by atoms with Gasteiger partial charge < -0.3 is 10.6 Å². The second-order valence-corrected chi connectivity index (χ2v) is 6.92. The van der Waals surface area contributed by atoms with Gasteiger partial charge in [0.05, 0.1) is 4.90 Å². The van der Waals surface area contributed by atoms with Crippen LogP contribution in [0.3, 0.4) is 0 Å². The first-order valence-electron chi connectivity index (χ1n) is 7.59. The first-order chi connectivity index (χ1) is 11.9. The molecule has 0 aliphatic carbocycles.